The fourth-order valence-corrected chi connectivity index (χ4v) is 5.59. The number of aromatic nitrogens is 1. The van der Waals surface area contributed by atoms with Gasteiger partial charge in [-0.15, -0.1) is 0 Å². The number of carbonyl (C=O) groups is 1. The van der Waals surface area contributed by atoms with Crippen LogP contribution >= 0.6 is 0 Å². The molecule has 10 heteroatoms. The molecule has 9 nitrogen and oxygen atoms in total. The van der Waals surface area contributed by atoms with E-state index in [0.717, 1.165) is 19.6 Å². The van der Waals surface area contributed by atoms with Gasteiger partial charge in [0.25, 0.3) is 5.91 Å². The van der Waals surface area contributed by atoms with E-state index in [0.29, 0.717) is 31.8 Å². The van der Waals surface area contributed by atoms with Crippen LogP contribution < -0.4 is 5.43 Å². The number of fused-ring (bicyclic) bond motifs is 1. The first-order chi connectivity index (χ1) is 14.8. The van der Waals surface area contributed by atoms with E-state index in [4.69, 9.17) is 4.74 Å². The van der Waals surface area contributed by atoms with Crippen molar-refractivity contribution in [2.45, 2.75) is 11.8 Å². The Bertz CT molecular complexity index is 1150. The molecule has 0 unspecified atom stereocenters. The Labute approximate surface area is 181 Å². The average molecular weight is 449 g/mol. The average Bonchev–Trinajstić information content (AvgIpc) is 2.81. The minimum atomic E-state index is -3.74. The zero-order valence-electron chi connectivity index (χ0n) is 17.9. The van der Waals surface area contributed by atoms with Crippen LogP contribution in [0.5, 0.6) is 0 Å². The summed E-state index contributed by atoms with van der Waals surface area (Å²) in [5.74, 6) is -0.306. The van der Waals surface area contributed by atoms with Gasteiger partial charge in [0.2, 0.25) is 15.5 Å². The van der Waals surface area contributed by atoms with Crippen molar-refractivity contribution < 1.29 is 17.9 Å². The fourth-order valence-electron chi connectivity index (χ4n) is 4.16. The van der Waals surface area contributed by atoms with Crippen LogP contribution in [0.3, 0.4) is 0 Å². The van der Waals surface area contributed by atoms with Gasteiger partial charge in [-0.3, -0.25) is 9.59 Å². The molecule has 2 aromatic rings. The Balaban J connectivity index is 1.71. The second-order valence-electron chi connectivity index (χ2n) is 7.90. The minimum absolute atomic E-state index is 0.0557. The smallest absolute Gasteiger partial charge is 0.259 e. The topological polar surface area (TPSA) is 92.2 Å². The number of amides is 1. The van der Waals surface area contributed by atoms with Gasteiger partial charge in [-0.25, -0.2) is 8.42 Å². The van der Waals surface area contributed by atoms with Crippen LogP contribution in [-0.2, 0) is 21.8 Å². The van der Waals surface area contributed by atoms with Crippen molar-refractivity contribution in [1.82, 2.24) is 18.7 Å². The van der Waals surface area contributed by atoms with Gasteiger partial charge >= 0.3 is 0 Å². The second kappa shape index (κ2) is 8.70. The van der Waals surface area contributed by atoms with Crippen molar-refractivity contribution in [3.05, 3.63) is 40.2 Å². The van der Waals surface area contributed by atoms with E-state index in [1.54, 1.807) is 28.8 Å². The normalized spacial score (nSPS) is 19.1. The largest absolute Gasteiger partial charge is 0.379 e. The maximum Gasteiger partial charge on any atom is 0.259 e. The maximum atomic E-state index is 13.2. The van der Waals surface area contributed by atoms with Crippen molar-refractivity contribution in [2.75, 3.05) is 59.0 Å². The lowest BCUT2D eigenvalue weighted by Crippen LogP contribution is -2.49. The number of likely N-dealkylation sites (N-methyl/N-ethyl adjacent to an activating group) is 1. The molecule has 1 amide bonds. The van der Waals surface area contributed by atoms with E-state index in [1.165, 1.54) is 16.4 Å². The summed E-state index contributed by atoms with van der Waals surface area (Å²) in [4.78, 5) is 30.3. The SMILES string of the molecule is CCN1CCN(C(=O)c2cn(C)c3ccc(S(=O)(=O)N4CCOCC4)cc3c2=O)CC1. The third kappa shape index (κ3) is 4.12. The number of rotatable bonds is 4. The zero-order valence-corrected chi connectivity index (χ0v) is 18.7. The Morgan fingerprint density at radius 1 is 1.06 bits per heavy atom. The van der Waals surface area contributed by atoms with Crippen LogP contribution in [0.15, 0.2) is 34.1 Å². The van der Waals surface area contributed by atoms with Gasteiger partial charge in [-0.1, -0.05) is 6.92 Å². The van der Waals surface area contributed by atoms with Gasteiger partial charge in [0.05, 0.1) is 23.6 Å². The van der Waals surface area contributed by atoms with Crippen molar-refractivity contribution >= 4 is 26.8 Å². The van der Waals surface area contributed by atoms with Crippen LogP contribution in [-0.4, -0.2) is 92.0 Å². The van der Waals surface area contributed by atoms with E-state index < -0.39 is 15.5 Å². The summed E-state index contributed by atoms with van der Waals surface area (Å²) >= 11 is 0. The van der Waals surface area contributed by atoms with Crippen LogP contribution in [0, 0.1) is 0 Å². The van der Waals surface area contributed by atoms with Crippen molar-refractivity contribution in [1.29, 1.82) is 0 Å². The number of hydrogen-bond acceptors (Lipinski definition) is 6. The predicted molar refractivity (Wildman–Crippen MR) is 117 cm³/mol. The lowest BCUT2D eigenvalue weighted by molar-refractivity contribution is 0.0641. The first kappa shape index (κ1) is 21.9. The molecule has 0 N–H and O–H groups in total. The fraction of sp³-hybridized carbons (Fsp3) is 0.524. The number of hydrogen-bond donors (Lipinski definition) is 0. The number of benzene rings is 1. The number of nitrogens with zero attached hydrogens (tertiary/aromatic N) is 4. The molecule has 4 rings (SSSR count). The van der Waals surface area contributed by atoms with Gasteiger partial charge in [0.15, 0.2) is 0 Å². The monoisotopic (exact) mass is 448 g/mol. The first-order valence-electron chi connectivity index (χ1n) is 10.6. The molecule has 1 aromatic carbocycles. The molecule has 0 aliphatic carbocycles. The summed E-state index contributed by atoms with van der Waals surface area (Å²) in [6.45, 7) is 6.95. The molecule has 0 spiro atoms. The molecule has 31 heavy (non-hydrogen) atoms. The standard InChI is InChI=1S/C21H28N4O5S/c1-3-23-6-8-24(9-7-23)21(27)18-15-22(2)19-5-4-16(14-17(19)20(18)26)31(28,29)25-10-12-30-13-11-25/h4-5,14-15H,3,6-13H2,1-2H3. The number of ether oxygens (including phenoxy) is 1. The molecule has 2 saturated heterocycles. The lowest BCUT2D eigenvalue weighted by Gasteiger charge is -2.34. The summed E-state index contributed by atoms with van der Waals surface area (Å²) in [5.41, 5.74) is 0.217. The van der Waals surface area contributed by atoms with Gasteiger partial charge < -0.3 is 19.1 Å². The third-order valence-electron chi connectivity index (χ3n) is 6.10. The molecule has 168 valence electrons. The molecular weight excluding hydrogens is 420 g/mol. The van der Waals surface area contributed by atoms with Crippen LogP contribution in [0.2, 0.25) is 0 Å². The van der Waals surface area contributed by atoms with E-state index in [9.17, 15) is 18.0 Å². The van der Waals surface area contributed by atoms with E-state index >= 15 is 0 Å². The Kier molecular flexibility index (Phi) is 6.16. The summed E-state index contributed by atoms with van der Waals surface area (Å²) < 4.78 is 34.4. The maximum absolute atomic E-state index is 13.2. The number of pyridine rings is 1. The molecular formula is C21H28N4O5S. The summed E-state index contributed by atoms with van der Waals surface area (Å²) in [5, 5.41) is 0.231. The highest BCUT2D eigenvalue weighted by molar-refractivity contribution is 7.89. The Morgan fingerprint density at radius 3 is 2.39 bits per heavy atom. The molecule has 2 aliphatic rings. The zero-order chi connectivity index (χ0) is 22.2. The van der Waals surface area contributed by atoms with Crippen LogP contribution in [0.4, 0.5) is 0 Å². The second-order valence-corrected chi connectivity index (χ2v) is 9.84. The van der Waals surface area contributed by atoms with Gasteiger partial charge in [0.1, 0.15) is 5.56 Å². The number of aryl methyl sites for hydroxylation is 1. The Morgan fingerprint density at radius 2 is 1.74 bits per heavy atom. The van der Waals surface area contributed by atoms with E-state index in [1.807, 2.05) is 0 Å². The number of sulfonamides is 1. The summed E-state index contributed by atoms with van der Waals surface area (Å²) in [7, 11) is -1.99. The molecule has 1 aromatic heterocycles. The first-order valence-corrected chi connectivity index (χ1v) is 12.0. The van der Waals surface area contributed by atoms with E-state index in [2.05, 4.69) is 11.8 Å². The molecule has 0 atom stereocenters. The number of piperazine rings is 1. The molecule has 2 fully saturated rings. The van der Waals surface area contributed by atoms with E-state index in [-0.39, 0.29) is 34.8 Å². The van der Waals surface area contributed by atoms with Gasteiger partial charge in [-0.05, 0) is 24.7 Å². The predicted octanol–water partition coefficient (Wildman–Crippen LogP) is 0.337. The summed E-state index contributed by atoms with van der Waals surface area (Å²) in [6.07, 6.45) is 1.55. The van der Waals surface area contributed by atoms with Crippen molar-refractivity contribution in [3.63, 3.8) is 0 Å². The third-order valence-corrected chi connectivity index (χ3v) is 8.00. The van der Waals surface area contributed by atoms with Crippen LogP contribution in [0.1, 0.15) is 17.3 Å². The number of carbonyl (C=O) groups excluding carboxylic acids is 1. The van der Waals surface area contributed by atoms with Gasteiger partial charge in [-0.2, -0.15) is 4.31 Å². The highest BCUT2D eigenvalue weighted by Gasteiger charge is 2.28. The molecule has 0 radical (unpaired) electrons. The van der Waals surface area contributed by atoms with Gasteiger partial charge in [0, 0.05) is 57.9 Å². The quantitative estimate of drug-likeness (QED) is 0.670. The molecule has 0 saturated carbocycles. The van der Waals surface area contributed by atoms with Crippen molar-refractivity contribution in [2.24, 2.45) is 7.05 Å². The molecule has 3 heterocycles. The molecule has 2 aliphatic heterocycles. The van der Waals surface area contributed by atoms with Crippen molar-refractivity contribution in [3.8, 4) is 0 Å². The Hall–Kier alpha value is -2.27. The highest BCUT2D eigenvalue weighted by Crippen LogP contribution is 2.22. The summed E-state index contributed by atoms with van der Waals surface area (Å²) in [6, 6.07) is 4.53. The van der Waals surface area contributed by atoms with Crippen LogP contribution in [0.25, 0.3) is 10.9 Å². The number of morpholine rings is 1. The molecule has 0 bridgehead atoms. The lowest BCUT2D eigenvalue weighted by atomic mass is 10.1. The minimum Gasteiger partial charge on any atom is -0.379 e. The highest BCUT2D eigenvalue weighted by atomic mass is 32.2.